The molecule has 4 nitrogen and oxygen atoms in total. The van der Waals surface area contributed by atoms with Crippen molar-refractivity contribution in [3.63, 3.8) is 0 Å². The number of rotatable bonds is 7. The highest BCUT2D eigenvalue weighted by Gasteiger charge is 2.27. The molecule has 116 valence electrons. The molecule has 2 rings (SSSR count). The number of benzene rings is 1. The minimum absolute atomic E-state index is 0.0279. The summed E-state index contributed by atoms with van der Waals surface area (Å²) in [6.07, 6.45) is 3.66. The molecule has 1 N–H and O–H groups in total. The summed E-state index contributed by atoms with van der Waals surface area (Å²) in [5, 5.41) is 9.10. The van der Waals surface area contributed by atoms with Gasteiger partial charge in [-0.1, -0.05) is 12.1 Å². The van der Waals surface area contributed by atoms with Gasteiger partial charge in [-0.3, -0.25) is 4.79 Å². The van der Waals surface area contributed by atoms with Gasteiger partial charge < -0.3 is 14.7 Å². The Labute approximate surface area is 126 Å². The number of aryl methyl sites for hydroxylation is 1. The highest BCUT2D eigenvalue weighted by atomic mass is 16.5. The Morgan fingerprint density at radius 1 is 1.38 bits per heavy atom. The van der Waals surface area contributed by atoms with E-state index in [1.165, 1.54) is 12.0 Å². The number of nitrogens with zero attached hydrogens (tertiary/aromatic N) is 1. The molecule has 1 saturated carbocycles. The average Bonchev–Trinajstić information content (AvgIpc) is 2.41. The van der Waals surface area contributed by atoms with Crippen LogP contribution >= 0.6 is 0 Å². The molecule has 1 amide bonds. The predicted octanol–water partition coefficient (Wildman–Crippen LogP) is 2.45. The van der Waals surface area contributed by atoms with Crippen molar-refractivity contribution in [3.05, 3.63) is 29.3 Å². The lowest BCUT2D eigenvalue weighted by Gasteiger charge is -2.37. The number of hydrogen-bond donors (Lipinski definition) is 1. The van der Waals surface area contributed by atoms with E-state index in [9.17, 15) is 4.79 Å². The Morgan fingerprint density at radius 2 is 2.14 bits per heavy atom. The lowest BCUT2D eigenvalue weighted by Crippen LogP contribution is -2.46. The zero-order chi connectivity index (χ0) is 15.2. The van der Waals surface area contributed by atoms with Gasteiger partial charge in [0.05, 0.1) is 19.6 Å². The van der Waals surface area contributed by atoms with Gasteiger partial charge in [-0.15, -0.1) is 0 Å². The maximum Gasteiger partial charge on any atom is 0.226 e. The van der Waals surface area contributed by atoms with Crippen LogP contribution in [0.2, 0.25) is 0 Å². The van der Waals surface area contributed by atoms with Gasteiger partial charge in [-0.2, -0.15) is 0 Å². The average molecular weight is 291 g/mol. The van der Waals surface area contributed by atoms with Crippen LogP contribution in [0, 0.1) is 13.8 Å². The molecule has 0 heterocycles. The van der Waals surface area contributed by atoms with Gasteiger partial charge in [-0.05, 0) is 50.3 Å². The molecule has 1 aromatic carbocycles. The Morgan fingerprint density at radius 3 is 2.76 bits per heavy atom. The Hall–Kier alpha value is -1.55. The largest absolute Gasteiger partial charge is 0.493 e. The molecular formula is C17H25NO3. The van der Waals surface area contributed by atoms with Gasteiger partial charge in [0.25, 0.3) is 0 Å². The number of aliphatic hydroxyl groups is 1. The number of hydrogen-bond acceptors (Lipinski definition) is 3. The molecule has 1 aliphatic rings. The number of carbonyl (C=O) groups is 1. The second kappa shape index (κ2) is 7.46. The molecule has 0 saturated heterocycles. The maximum absolute atomic E-state index is 12.2. The summed E-state index contributed by atoms with van der Waals surface area (Å²) in [5.41, 5.74) is 2.31. The van der Waals surface area contributed by atoms with Crippen LogP contribution in [0.15, 0.2) is 18.2 Å². The summed E-state index contributed by atoms with van der Waals surface area (Å²) in [6.45, 7) is 4.93. The smallest absolute Gasteiger partial charge is 0.226 e. The van der Waals surface area contributed by atoms with E-state index in [4.69, 9.17) is 9.84 Å². The molecule has 1 fully saturated rings. The van der Waals surface area contributed by atoms with Crippen LogP contribution in [0.4, 0.5) is 0 Å². The molecule has 1 aliphatic carbocycles. The van der Waals surface area contributed by atoms with E-state index in [-0.39, 0.29) is 12.5 Å². The first kappa shape index (κ1) is 15.8. The second-order valence-corrected chi connectivity index (χ2v) is 5.69. The van der Waals surface area contributed by atoms with Crippen molar-refractivity contribution in [1.82, 2.24) is 4.90 Å². The monoisotopic (exact) mass is 291 g/mol. The van der Waals surface area contributed by atoms with Crippen LogP contribution in [0.1, 0.15) is 36.8 Å². The van der Waals surface area contributed by atoms with Gasteiger partial charge in [0.2, 0.25) is 5.91 Å². The maximum atomic E-state index is 12.2. The van der Waals surface area contributed by atoms with Crippen molar-refractivity contribution in [1.29, 1.82) is 0 Å². The van der Waals surface area contributed by atoms with E-state index >= 15 is 0 Å². The first-order valence-corrected chi connectivity index (χ1v) is 7.73. The molecule has 0 radical (unpaired) electrons. The molecule has 4 heteroatoms. The van der Waals surface area contributed by atoms with Crippen LogP contribution in [-0.2, 0) is 4.79 Å². The van der Waals surface area contributed by atoms with E-state index in [0.29, 0.717) is 25.6 Å². The zero-order valence-electron chi connectivity index (χ0n) is 13.0. The lowest BCUT2D eigenvalue weighted by atomic mass is 9.91. The number of amides is 1. The third-order valence-electron chi connectivity index (χ3n) is 4.31. The first-order valence-electron chi connectivity index (χ1n) is 7.73. The summed E-state index contributed by atoms with van der Waals surface area (Å²) in [6, 6.07) is 6.27. The number of aliphatic hydroxyl groups excluding tert-OH is 1. The third kappa shape index (κ3) is 3.97. The standard InChI is InChI=1S/C17H25NO3/c1-13-5-3-8-16(14(13)2)21-12-9-17(20)18(10-11-19)15-6-4-7-15/h3,5,8,15,19H,4,6-7,9-12H2,1-2H3. The highest BCUT2D eigenvalue weighted by molar-refractivity contribution is 5.76. The molecule has 0 atom stereocenters. The summed E-state index contributed by atoms with van der Waals surface area (Å²) < 4.78 is 5.74. The van der Waals surface area contributed by atoms with Gasteiger partial charge >= 0.3 is 0 Å². The summed E-state index contributed by atoms with van der Waals surface area (Å²) in [7, 11) is 0. The Balaban J connectivity index is 1.84. The summed E-state index contributed by atoms with van der Waals surface area (Å²) in [5.74, 6) is 0.930. The van der Waals surface area contributed by atoms with Crippen molar-refractivity contribution in [2.75, 3.05) is 19.8 Å². The van der Waals surface area contributed by atoms with E-state index < -0.39 is 0 Å². The van der Waals surface area contributed by atoms with E-state index in [2.05, 4.69) is 0 Å². The minimum Gasteiger partial charge on any atom is -0.493 e. The normalized spacial score (nSPS) is 14.6. The zero-order valence-corrected chi connectivity index (χ0v) is 13.0. The quantitative estimate of drug-likeness (QED) is 0.839. The van der Waals surface area contributed by atoms with Crippen molar-refractivity contribution in [2.24, 2.45) is 0 Å². The van der Waals surface area contributed by atoms with Crippen molar-refractivity contribution in [3.8, 4) is 5.75 Å². The SMILES string of the molecule is Cc1cccc(OCCC(=O)N(CCO)C2CCC2)c1C. The van der Waals surface area contributed by atoms with E-state index in [1.807, 2.05) is 36.9 Å². The molecule has 21 heavy (non-hydrogen) atoms. The molecule has 0 unspecified atom stereocenters. The first-order chi connectivity index (χ1) is 10.1. The van der Waals surface area contributed by atoms with Crippen LogP contribution in [0.3, 0.4) is 0 Å². The molecule has 0 aromatic heterocycles. The summed E-state index contributed by atoms with van der Waals surface area (Å²) >= 11 is 0. The molecule has 1 aromatic rings. The van der Waals surface area contributed by atoms with Crippen LogP contribution < -0.4 is 4.74 Å². The van der Waals surface area contributed by atoms with Gasteiger partial charge in [0.1, 0.15) is 5.75 Å². The summed E-state index contributed by atoms with van der Waals surface area (Å²) in [4.78, 5) is 14.1. The topological polar surface area (TPSA) is 49.8 Å². The second-order valence-electron chi connectivity index (χ2n) is 5.69. The number of carbonyl (C=O) groups excluding carboxylic acids is 1. The minimum atomic E-state index is 0.0279. The van der Waals surface area contributed by atoms with Crippen molar-refractivity contribution >= 4 is 5.91 Å². The van der Waals surface area contributed by atoms with Crippen LogP contribution in [-0.4, -0.2) is 41.7 Å². The Kier molecular flexibility index (Phi) is 5.62. The Bertz CT molecular complexity index is 483. The van der Waals surface area contributed by atoms with Gasteiger partial charge in [-0.25, -0.2) is 0 Å². The van der Waals surface area contributed by atoms with Gasteiger partial charge in [0.15, 0.2) is 0 Å². The fraction of sp³-hybridized carbons (Fsp3) is 0.588. The van der Waals surface area contributed by atoms with Gasteiger partial charge in [0, 0.05) is 12.6 Å². The van der Waals surface area contributed by atoms with Crippen LogP contribution in [0.25, 0.3) is 0 Å². The predicted molar refractivity (Wildman–Crippen MR) is 82.5 cm³/mol. The van der Waals surface area contributed by atoms with E-state index in [1.54, 1.807) is 0 Å². The third-order valence-corrected chi connectivity index (χ3v) is 4.31. The van der Waals surface area contributed by atoms with E-state index in [0.717, 1.165) is 24.2 Å². The molecule has 0 aliphatic heterocycles. The molecule has 0 spiro atoms. The van der Waals surface area contributed by atoms with Crippen LogP contribution in [0.5, 0.6) is 5.75 Å². The van der Waals surface area contributed by atoms with Crippen molar-refractivity contribution < 1.29 is 14.6 Å². The fourth-order valence-electron chi connectivity index (χ4n) is 2.59. The molecular weight excluding hydrogens is 266 g/mol. The highest BCUT2D eigenvalue weighted by Crippen LogP contribution is 2.25. The fourth-order valence-corrected chi connectivity index (χ4v) is 2.59. The lowest BCUT2D eigenvalue weighted by molar-refractivity contribution is -0.136. The molecule has 0 bridgehead atoms. The van der Waals surface area contributed by atoms with Crippen molar-refractivity contribution in [2.45, 2.75) is 45.6 Å². The number of ether oxygens (including phenoxy) is 1.